The van der Waals surface area contributed by atoms with Crippen LogP contribution in [0, 0.1) is 6.92 Å². The van der Waals surface area contributed by atoms with E-state index in [9.17, 15) is 4.79 Å². The minimum atomic E-state index is -0.567. The summed E-state index contributed by atoms with van der Waals surface area (Å²) in [6.07, 6.45) is 2.14. The van der Waals surface area contributed by atoms with Crippen molar-refractivity contribution < 1.29 is 9.21 Å². The number of nitrogens with zero attached hydrogens (tertiary/aromatic N) is 2. The number of hydrogen-bond acceptors (Lipinski definition) is 4. The molecule has 156 valence electrons. The van der Waals surface area contributed by atoms with Crippen LogP contribution in [0.3, 0.4) is 0 Å². The Bertz CT molecular complexity index is 837. The van der Waals surface area contributed by atoms with Crippen molar-refractivity contribution in [3.63, 3.8) is 0 Å². The minimum absolute atomic E-state index is 0.161. The van der Waals surface area contributed by atoms with Gasteiger partial charge in [-0.1, -0.05) is 29.8 Å². The Morgan fingerprint density at radius 1 is 1.28 bits per heavy atom. The monoisotopic (exact) mass is 397 g/mol. The van der Waals surface area contributed by atoms with Crippen LogP contribution in [-0.4, -0.2) is 42.4 Å². The molecule has 2 aromatic rings. The highest BCUT2D eigenvalue weighted by molar-refractivity contribution is 5.89. The number of aliphatic imine (C=N–C) groups is 1. The number of benzene rings is 1. The van der Waals surface area contributed by atoms with E-state index >= 15 is 0 Å². The van der Waals surface area contributed by atoms with E-state index in [-0.39, 0.29) is 5.76 Å². The number of hydrogen-bond donors (Lipinski definition) is 3. The molecule has 1 amide bonds. The van der Waals surface area contributed by atoms with Crippen LogP contribution in [0.25, 0.3) is 0 Å². The van der Waals surface area contributed by atoms with Crippen LogP contribution >= 0.6 is 0 Å². The molecule has 0 spiro atoms. The number of primary amides is 1. The van der Waals surface area contributed by atoms with Crippen LogP contribution in [0.4, 0.5) is 0 Å². The Labute approximate surface area is 172 Å². The average molecular weight is 398 g/mol. The highest BCUT2D eigenvalue weighted by atomic mass is 16.3. The third kappa shape index (κ3) is 6.35. The maximum Gasteiger partial charge on any atom is 0.284 e. The number of aryl methyl sites for hydroxylation is 1. The maximum atomic E-state index is 11.1. The van der Waals surface area contributed by atoms with Crippen molar-refractivity contribution in [2.75, 3.05) is 19.6 Å². The van der Waals surface area contributed by atoms with Crippen LogP contribution < -0.4 is 16.4 Å². The van der Waals surface area contributed by atoms with Gasteiger partial charge in [0.2, 0.25) is 0 Å². The number of likely N-dealkylation sites (tertiary alicyclic amines) is 1. The van der Waals surface area contributed by atoms with Gasteiger partial charge >= 0.3 is 0 Å². The lowest BCUT2D eigenvalue weighted by atomic mass is 10.0. The molecule has 1 fully saturated rings. The molecule has 1 aliphatic rings. The van der Waals surface area contributed by atoms with Gasteiger partial charge in [-0.3, -0.25) is 9.69 Å². The van der Waals surface area contributed by atoms with E-state index in [1.807, 2.05) is 6.92 Å². The van der Waals surface area contributed by atoms with Gasteiger partial charge in [-0.2, -0.15) is 0 Å². The highest BCUT2D eigenvalue weighted by Gasteiger charge is 2.20. The summed E-state index contributed by atoms with van der Waals surface area (Å²) in [7, 11) is 0. The first-order chi connectivity index (χ1) is 14.0. The predicted octanol–water partition coefficient (Wildman–Crippen LogP) is 2.41. The molecular weight excluding hydrogens is 366 g/mol. The lowest BCUT2D eigenvalue weighted by Gasteiger charge is -2.33. The van der Waals surface area contributed by atoms with Crippen molar-refractivity contribution >= 4 is 11.9 Å². The Morgan fingerprint density at radius 2 is 2.07 bits per heavy atom. The van der Waals surface area contributed by atoms with E-state index in [0.717, 1.165) is 45.0 Å². The molecule has 0 saturated carbocycles. The van der Waals surface area contributed by atoms with Crippen molar-refractivity contribution in [3.05, 3.63) is 59.0 Å². The van der Waals surface area contributed by atoms with E-state index in [4.69, 9.17) is 10.2 Å². The number of amides is 1. The molecule has 1 aromatic heterocycles. The summed E-state index contributed by atoms with van der Waals surface area (Å²) in [6.45, 7) is 8.44. The molecule has 0 atom stereocenters. The fourth-order valence-electron chi connectivity index (χ4n) is 3.57. The summed E-state index contributed by atoms with van der Waals surface area (Å²) in [6, 6.07) is 12.4. The third-order valence-electron chi connectivity index (χ3n) is 5.06. The number of carbonyl (C=O) groups is 1. The fraction of sp³-hybridized carbons (Fsp3) is 0.455. The summed E-state index contributed by atoms with van der Waals surface area (Å²) in [4.78, 5) is 18.2. The fourth-order valence-corrected chi connectivity index (χ4v) is 3.57. The quantitative estimate of drug-likeness (QED) is 0.493. The number of furan rings is 1. The first-order valence-corrected chi connectivity index (χ1v) is 10.2. The second-order valence-corrected chi connectivity index (χ2v) is 7.51. The van der Waals surface area contributed by atoms with Crippen LogP contribution in [0.1, 0.15) is 47.2 Å². The van der Waals surface area contributed by atoms with Crippen molar-refractivity contribution in [2.45, 2.75) is 45.8 Å². The zero-order chi connectivity index (χ0) is 20.6. The SMILES string of the molecule is CCNC(=NCc1ccc(C(N)=O)o1)NC1CCN(Cc2cccc(C)c2)CC1. The largest absolute Gasteiger partial charge is 0.454 e. The van der Waals surface area contributed by atoms with Crippen LogP contribution in [0.2, 0.25) is 0 Å². The summed E-state index contributed by atoms with van der Waals surface area (Å²) < 4.78 is 5.40. The number of rotatable bonds is 7. The molecule has 2 heterocycles. The van der Waals surface area contributed by atoms with Gasteiger partial charge in [0.15, 0.2) is 11.7 Å². The van der Waals surface area contributed by atoms with Gasteiger partial charge in [-0.15, -0.1) is 0 Å². The van der Waals surface area contributed by atoms with Gasteiger partial charge in [0.25, 0.3) is 5.91 Å². The molecule has 29 heavy (non-hydrogen) atoms. The van der Waals surface area contributed by atoms with Gasteiger partial charge in [0.05, 0.1) is 0 Å². The maximum absolute atomic E-state index is 11.1. The standard InChI is InChI=1S/C22H31N5O2/c1-3-24-22(25-14-19-7-8-20(29-19)21(23)28)26-18-9-11-27(12-10-18)15-17-6-4-5-16(2)13-17/h4-8,13,18H,3,9-12,14-15H2,1-2H3,(H2,23,28)(H2,24,25,26). The van der Waals surface area contributed by atoms with E-state index in [0.29, 0.717) is 18.3 Å². The Hall–Kier alpha value is -2.80. The smallest absolute Gasteiger partial charge is 0.284 e. The van der Waals surface area contributed by atoms with E-state index in [1.165, 1.54) is 11.1 Å². The highest BCUT2D eigenvalue weighted by Crippen LogP contribution is 2.15. The van der Waals surface area contributed by atoms with E-state index in [1.54, 1.807) is 12.1 Å². The molecule has 1 aromatic carbocycles. The first-order valence-electron chi connectivity index (χ1n) is 10.2. The van der Waals surface area contributed by atoms with Crippen molar-refractivity contribution in [3.8, 4) is 0 Å². The van der Waals surface area contributed by atoms with Crippen molar-refractivity contribution in [1.82, 2.24) is 15.5 Å². The molecule has 0 unspecified atom stereocenters. The number of nitrogens with two attached hydrogens (primary N) is 1. The molecule has 4 N–H and O–H groups in total. The van der Waals surface area contributed by atoms with Crippen LogP contribution in [-0.2, 0) is 13.1 Å². The molecule has 3 rings (SSSR count). The van der Waals surface area contributed by atoms with Gasteiger partial charge in [0.1, 0.15) is 12.3 Å². The lowest BCUT2D eigenvalue weighted by Crippen LogP contribution is -2.48. The lowest BCUT2D eigenvalue weighted by molar-refractivity contribution is 0.0972. The Balaban J connectivity index is 1.50. The molecule has 7 heteroatoms. The van der Waals surface area contributed by atoms with E-state index in [2.05, 4.69) is 51.7 Å². The number of nitrogens with one attached hydrogen (secondary N) is 2. The van der Waals surface area contributed by atoms with Crippen LogP contribution in [0.5, 0.6) is 0 Å². The normalized spacial score (nSPS) is 16.0. The zero-order valence-electron chi connectivity index (χ0n) is 17.3. The van der Waals surface area contributed by atoms with E-state index < -0.39 is 5.91 Å². The second-order valence-electron chi connectivity index (χ2n) is 7.51. The number of carbonyl (C=O) groups excluding carboxylic acids is 1. The molecule has 1 aliphatic heterocycles. The first kappa shape index (κ1) is 20.9. The van der Waals surface area contributed by atoms with Crippen LogP contribution in [0.15, 0.2) is 45.8 Å². The molecule has 7 nitrogen and oxygen atoms in total. The molecule has 0 aliphatic carbocycles. The topological polar surface area (TPSA) is 95.9 Å². The average Bonchev–Trinajstić information content (AvgIpc) is 3.17. The minimum Gasteiger partial charge on any atom is -0.454 e. The molecular formula is C22H31N5O2. The number of piperidine rings is 1. The molecule has 1 saturated heterocycles. The predicted molar refractivity (Wildman–Crippen MR) is 115 cm³/mol. The molecule has 0 radical (unpaired) electrons. The molecule has 0 bridgehead atoms. The Morgan fingerprint density at radius 3 is 2.72 bits per heavy atom. The summed E-state index contributed by atoms with van der Waals surface area (Å²) >= 11 is 0. The Kier molecular flexibility index (Phi) is 7.30. The van der Waals surface area contributed by atoms with Crippen molar-refractivity contribution in [2.24, 2.45) is 10.7 Å². The van der Waals surface area contributed by atoms with Gasteiger partial charge < -0.3 is 20.8 Å². The second kappa shape index (κ2) is 10.1. The van der Waals surface area contributed by atoms with Crippen molar-refractivity contribution in [1.29, 1.82) is 0 Å². The van der Waals surface area contributed by atoms with Gasteiger partial charge in [-0.25, -0.2) is 4.99 Å². The zero-order valence-corrected chi connectivity index (χ0v) is 17.3. The number of guanidine groups is 1. The third-order valence-corrected chi connectivity index (χ3v) is 5.06. The summed E-state index contributed by atoms with van der Waals surface area (Å²) in [5.74, 6) is 0.975. The summed E-state index contributed by atoms with van der Waals surface area (Å²) in [5, 5.41) is 6.81. The van der Waals surface area contributed by atoms with Gasteiger partial charge in [0, 0.05) is 32.2 Å². The summed E-state index contributed by atoms with van der Waals surface area (Å²) in [5.41, 5.74) is 7.91. The van der Waals surface area contributed by atoms with Gasteiger partial charge in [-0.05, 0) is 44.4 Å².